The maximum atomic E-state index is 9.01. The zero-order valence-corrected chi connectivity index (χ0v) is 11.7. The molecular weight excluding hydrogens is 222 g/mol. The van der Waals surface area contributed by atoms with Gasteiger partial charge in [-0.05, 0) is 43.8 Å². The van der Waals surface area contributed by atoms with Gasteiger partial charge in [-0.1, -0.05) is 13.8 Å². The highest BCUT2D eigenvalue weighted by atomic mass is 15.1. The third-order valence-electron chi connectivity index (χ3n) is 3.38. The number of nitrogens with zero attached hydrogens (tertiary/aromatic N) is 3. The molecule has 0 amide bonds. The van der Waals surface area contributed by atoms with Gasteiger partial charge in [0.25, 0.3) is 0 Å². The molecule has 0 unspecified atom stereocenters. The largest absolute Gasteiger partial charge is 0.375 e. The van der Waals surface area contributed by atoms with E-state index in [-0.39, 0.29) is 11.0 Å². The summed E-state index contributed by atoms with van der Waals surface area (Å²) >= 11 is 0. The van der Waals surface area contributed by atoms with Crippen molar-refractivity contribution >= 4 is 0 Å². The highest BCUT2D eigenvalue weighted by Gasteiger charge is 2.28. The molecule has 3 nitrogen and oxygen atoms in total. The molecule has 0 aliphatic heterocycles. The van der Waals surface area contributed by atoms with Gasteiger partial charge in [0.1, 0.15) is 17.7 Å². The molecule has 3 heteroatoms. The van der Waals surface area contributed by atoms with E-state index in [0.717, 1.165) is 31.5 Å². The minimum atomic E-state index is 0.112. The van der Waals surface area contributed by atoms with Crippen molar-refractivity contribution in [2.45, 2.75) is 40.5 Å². The van der Waals surface area contributed by atoms with Crippen molar-refractivity contribution in [1.82, 2.24) is 4.90 Å². The zero-order chi connectivity index (χ0) is 13.8. The lowest BCUT2D eigenvalue weighted by Crippen LogP contribution is -2.29. The Kier molecular flexibility index (Phi) is 4.56. The molecule has 0 fully saturated rings. The molecule has 1 aliphatic carbocycles. The van der Waals surface area contributed by atoms with Crippen LogP contribution in [0.5, 0.6) is 0 Å². The summed E-state index contributed by atoms with van der Waals surface area (Å²) in [6.07, 6.45) is 3.84. The van der Waals surface area contributed by atoms with Crippen molar-refractivity contribution in [2.75, 3.05) is 13.1 Å². The van der Waals surface area contributed by atoms with Crippen molar-refractivity contribution < 1.29 is 0 Å². The minimum Gasteiger partial charge on any atom is -0.375 e. The van der Waals surface area contributed by atoms with E-state index >= 15 is 0 Å². The summed E-state index contributed by atoms with van der Waals surface area (Å²) in [4.78, 5) is 2.30. The van der Waals surface area contributed by atoms with Gasteiger partial charge in [0.2, 0.25) is 0 Å². The lowest BCUT2D eigenvalue weighted by Gasteiger charge is -2.36. The first kappa shape index (κ1) is 14.3. The van der Waals surface area contributed by atoms with Crippen molar-refractivity contribution in [1.29, 1.82) is 10.5 Å². The van der Waals surface area contributed by atoms with Crippen LogP contribution in [-0.2, 0) is 0 Å². The van der Waals surface area contributed by atoms with E-state index in [0.29, 0.717) is 0 Å². The summed E-state index contributed by atoms with van der Waals surface area (Å²) in [5, 5.41) is 18.0. The van der Waals surface area contributed by atoms with E-state index in [2.05, 4.69) is 32.6 Å². The van der Waals surface area contributed by atoms with E-state index in [1.165, 1.54) is 5.70 Å². The summed E-state index contributed by atoms with van der Waals surface area (Å²) in [5.41, 5.74) is 2.50. The van der Waals surface area contributed by atoms with Crippen LogP contribution in [0.1, 0.15) is 40.5 Å². The van der Waals surface area contributed by atoms with Crippen LogP contribution >= 0.6 is 0 Å². The molecule has 1 aliphatic rings. The Bertz CT molecular complexity index is 435. The molecule has 0 atom stereocenters. The fraction of sp³-hybridized carbons (Fsp3) is 0.600. The number of rotatable bonds is 3. The molecule has 96 valence electrons. The molecule has 0 spiro atoms. The topological polar surface area (TPSA) is 50.8 Å². The Morgan fingerprint density at radius 1 is 1.22 bits per heavy atom. The van der Waals surface area contributed by atoms with Crippen LogP contribution in [0.2, 0.25) is 0 Å². The summed E-state index contributed by atoms with van der Waals surface area (Å²) in [6.45, 7) is 10.6. The molecule has 1 rings (SSSR count). The molecule has 0 N–H and O–H groups in total. The fourth-order valence-corrected chi connectivity index (χ4v) is 2.53. The average molecular weight is 243 g/mol. The highest BCUT2D eigenvalue weighted by molar-refractivity contribution is 5.47. The van der Waals surface area contributed by atoms with Gasteiger partial charge in [-0.15, -0.1) is 0 Å². The summed E-state index contributed by atoms with van der Waals surface area (Å²) in [6, 6.07) is 4.02. The Morgan fingerprint density at radius 3 is 2.22 bits per heavy atom. The van der Waals surface area contributed by atoms with Gasteiger partial charge in [-0.3, -0.25) is 0 Å². The van der Waals surface area contributed by atoms with E-state index in [1.807, 2.05) is 18.2 Å². The minimum absolute atomic E-state index is 0.112. The quantitative estimate of drug-likeness (QED) is 0.714. The number of hydrogen-bond acceptors (Lipinski definition) is 3. The normalized spacial score (nSPS) is 17.4. The predicted molar refractivity (Wildman–Crippen MR) is 72.3 cm³/mol. The van der Waals surface area contributed by atoms with Crippen LogP contribution < -0.4 is 0 Å². The Hall–Kier alpha value is -1.74. The van der Waals surface area contributed by atoms with Gasteiger partial charge in [-0.2, -0.15) is 10.5 Å². The molecule has 0 aromatic rings. The molecule has 0 radical (unpaired) electrons. The standard InChI is InChI=1S/C15H21N3/c1-5-18(6-2)14-7-12(13(10-16)11-17)8-15(3,4)9-14/h7H,5-6,8-9H2,1-4H3. The van der Waals surface area contributed by atoms with Gasteiger partial charge < -0.3 is 4.90 Å². The van der Waals surface area contributed by atoms with Crippen LogP contribution in [0, 0.1) is 28.1 Å². The van der Waals surface area contributed by atoms with Crippen LogP contribution in [-0.4, -0.2) is 18.0 Å². The molecule has 0 heterocycles. The molecule has 0 aromatic carbocycles. The number of hydrogen-bond donors (Lipinski definition) is 0. The number of allylic oxidation sites excluding steroid dienone is 4. The van der Waals surface area contributed by atoms with Crippen molar-refractivity contribution in [3.63, 3.8) is 0 Å². The first-order valence-electron chi connectivity index (χ1n) is 6.46. The van der Waals surface area contributed by atoms with Gasteiger partial charge >= 0.3 is 0 Å². The van der Waals surface area contributed by atoms with E-state index in [9.17, 15) is 0 Å². The third-order valence-corrected chi connectivity index (χ3v) is 3.38. The Morgan fingerprint density at radius 2 is 1.78 bits per heavy atom. The second-order valence-corrected chi connectivity index (χ2v) is 5.45. The lowest BCUT2D eigenvalue weighted by atomic mass is 9.76. The third kappa shape index (κ3) is 3.14. The van der Waals surface area contributed by atoms with Crippen LogP contribution in [0.4, 0.5) is 0 Å². The SMILES string of the molecule is CCN(CC)C1=CC(=C(C#N)C#N)CC(C)(C)C1. The van der Waals surface area contributed by atoms with Gasteiger partial charge in [0, 0.05) is 18.8 Å². The van der Waals surface area contributed by atoms with Crippen molar-refractivity contribution in [3.8, 4) is 12.1 Å². The van der Waals surface area contributed by atoms with Gasteiger partial charge in [0.05, 0.1) is 0 Å². The summed E-state index contributed by atoms with van der Waals surface area (Å²) in [7, 11) is 0. The predicted octanol–water partition coefficient (Wildman–Crippen LogP) is 3.38. The average Bonchev–Trinajstić information content (AvgIpc) is 2.30. The lowest BCUT2D eigenvalue weighted by molar-refractivity contribution is 0.277. The summed E-state index contributed by atoms with van der Waals surface area (Å²) < 4.78 is 0. The monoisotopic (exact) mass is 243 g/mol. The number of nitriles is 2. The molecule has 0 aromatic heterocycles. The van der Waals surface area contributed by atoms with E-state index in [1.54, 1.807) is 0 Å². The second-order valence-electron chi connectivity index (χ2n) is 5.45. The smallest absolute Gasteiger partial charge is 0.132 e. The maximum absolute atomic E-state index is 9.01. The molecule has 0 saturated carbocycles. The molecule has 0 bridgehead atoms. The van der Waals surface area contributed by atoms with Crippen LogP contribution in [0.25, 0.3) is 0 Å². The molecular formula is C15H21N3. The van der Waals surface area contributed by atoms with Gasteiger partial charge in [0.15, 0.2) is 0 Å². The Balaban J connectivity index is 3.24. The van der Waals surface area contributed by atoms with Crippen LogP contribution in [0.15, 0.2) is 22.9 Å². The Labute approximate surface area is 110 Å². The zero-order valence-electron chi connectivity index (χ0n) is 11.7. The maximum Gasteiger partial charge on any atom is 0.132 e. The van der Waals surface area contributed by atoms with Crippen molar-refractivity contribution in [3.05, 3.63) is 22.9 Å². The molecule has 18 heavy (non-hydrogen) atoms. The molecule has 0 saturated heterocycles. The van der Waals surface area contributed by atoms with Crippen molar-refractivity contribution in [2.24, 2.45) is 5.41 Å². The van der Waals surface area contributed by atoms with E-state index in [4.69, 9.17) is 10.5 Å². The summed E-state index contributed by atoms with van der Waals surface area (Å²) in [5.74, 6) is 0. The fourth-order valence-electron chi connectivity index (χ4n) is 2.53. The van der Waals surface area contributed by atoms with Crippen LogP contribution in [0.3, 0.4) is 0 Å². The van der Waals surface area contributed by atoms with Gasteiger partial charge in [-0.25, -0.2) is 0 Å². The van der Waals surface area contributed by atoms with E-state index < -0.39 is 0 Å². The first-order chi connectivity index (χ1) is 8.47. The highest BCUT2D eigenvalue weighted by Crippen LogP contribution is 2.39. The first-order valence-corrected chi connectivity index (χ1v) is 6.46. The second kappa shape index (κ2) is 5.74.